The molecule has 0 aliphatic heterocycles. The fraction of sp³-hybridized carbons (Fsp3) is 0.0435. The minimum absolute atomic E-state index is 0.0236. The highest BCUT2D eigenvalue weighted by molar-refractivity contribution is 7.89. The number of para-hydroxylation sites is 2. The Kier molecular flexibility index (Phi) is 6.09. The van der Waals surface area contributed by atoms with Gasteiger partial charge in [-0.05, 0) is 36.4 Å². The molecule has 1 aromatic heterocycles. The monoisotopic (exact) mass is 467 g/mol. The van der Waals surface area contributed by atoms with E-state index in [1.165, 1.54) is 43.5 Å². The van der Waals surface area contributed by atoms with E-state index in [1.54, 1.807) is 42.5 Å². The smallest absolute Gasteiger partial charge is 0.276 e. The van der Waals surface area contributed by atoms with E-state index in [2.05, 4.69) is 15.2 Å². The number of carbonyl (C=O) groups is 1. The van der Waals surface area contributed by atoms with Gasteiger partial charge < -0.3 is 14.5 Å². The van der Waals surface area contributed by atoms with Crippen molar-refractivity contribution in [2.24, 2.45) is 5.10 Å². The van der Waals surface area contributed by atoms with Gasteiger partial charge in [-0.15, -0.1) is 5.10 Å². The molecule has 1 heterocycles. The van der Waals surface area contributed by atoms with Gasteiger partial charge in [0.25, 0.3) is 15.9 Å². The number of hydrogen-bond donors (Lipinski definition) is 2. The minimum atomic E-state index is -4.04. The Morgan fingerprint density at radius 2 is 1.73 bits per heavy atom. The van der Waals surface area contributed by atoms with E-state index in [0.717, 1.165) is 0 Å². The predicted molar refractivity (Wildman–Crippen MR) is 119 cm³/mol. The third kappa shape index (κ3) is 4.70. The van der Waals surface area contributed by atoms with Crippen molar-refractivity contribution in [1.82, 2.24) is 4.83 Å². The van der Waals surface area contributed by atoms with Crippen molar-refractivity contribution in [3.8, 4) is 5.75 Å². The van der Waals surface area contributed by atoms with Gasteiger partial charge >= 0.3 is 0 Å². The van der Waals surface area contributed by atoms with Crippen molar-refractivity contribution in [1.29, 1.82) is 0 Å². The molecule has 0 saturated heterocycles. The third-order valence-corrected chi connectivity index (χ3v) is 5.87. The number of carbonyl (C=O) groups excluding carboxylic acids is 1. The van der Waals surface area contributed by atoms with Crippen LogP contribution in [0.25, 0.3) is 11.0 Å². The number of halogens is 1. The van der Waals surface area contributed by atoms with Crippen LogP contribution in [0.1, 0.15) is 10.4 Å². The summed E-state index contributed by atoms with van der Waals surface area (Å²) in [6.07, 6.45) is 0. The van der Waals surface area contributed by atoms with Crippen LogP contribution in [-0.4, -0.2) is 21.4 Å². The summed E-state index contributed by atoms with van der Waals surface area (Å²) < 4.78 is 50.3. The van der Waals surface area contributed by atoms with Crippen LogP contribution < -0.4 is 20.4 Å². The standard InChI is InChI=1S/C23H18FN3O5S/c1-31-20-13-7-8-15-14-17(22(28)25-19-12-6-5-11-18(19)24)23(32-21(15)20)26-27-33(29,30)16-9-3-2-4-10-16/h2-14,27H,1H3,(H,25,28). The van der Waals surface area contributed by atoms with Gasteiger partial charge in [-0.2, -0.15) is 13.2 Å². The summed E-state index contributed by atoms with van der Waals surface area (Å²) in [7, 11) is -2.59. The van der Waals surface area contributed by atoms with Crippen LogP contribution in [0.5, 0.6) is 5.75 Å². The Labute approximate surface area is 188 Å². The van der Waals surface area contributed by atoms with Gasteiger partial charge in [-0.1, -0.05) is 42.5 Å². The topological polar surface area (TPSA) is 110 Å². The van der Waals surface area contributed by atoms with Gasteiger partial charge in [0.15, 0.2) is 11.3 Å². The van der Waals surface area contributed by atoms with Crippen LogP contribution in [0, 0.1) is 5.82 Å². The number of rotatable bonds is 6. The Bertz CT molecular complexity index is 1500. The lowest BCUT2D eigenvalue weighted by Gasteiger charge is -2.09. The molecule has 4 aromatic rings. The highest BCUT2D eigenvalue weighted by atomic mass is 32.2. The van der Waals surface area contributed by atoms with Crippen molar-refractivity contribution < 1.29 is 26.8 Å². The largest absolute Gasteiger partial charge is 0.493 e. The van der Waals surface area contributed by atoms with Gasteiger partial charge in [-0.3, -0.25) is 4.79 Å². The number of ether oxygens (including phenoxy) is 1. The second-order valence-electron chi connectivity index (χ2n) is 6.80. The second-order valence-corrected chi connectivity index (χ2v) is 8.46. The van der Waals surface area contributed by atoms with E-state index >= 15 is 0 Å². The molecule has 10 heteroatoms. The first-order chi connectivity index (χ1) is 15.9. The van der Waals surface area contributed by atoms with E-state index in [1.807, 2.05) is 0 Å². The van der Waals surface area contributed by atoms with Crippen LogP contribution in [0.2, 0.25) is 0 Å². The number of anilines is 1. The van der Waals surface area contributed by atoms with E-state index < -0.39 is 21.7 Å². The van der Waals surface area contributed by atoms with Crippen LogP contribution >= 0.6 is 0 Å². The molecule has 0 radical (unpaired) electrons. The summed E-state index contributed by atoms with van der Waals surface area (Å²) in [4.78, 5) is 15.0. The van der Waals surface area contributed by atoms with Crippen LogP contribution in [0.4, 0.5) is 10.1 Å². The average Bonchev–Trinajstić information content (AvgIpc) is 2.83. The van der Waals surface area contributed by atoms with Gasteiger partial charge in [-0.25, -0.2) is 4.39 Å². The maximum absolute atomic E-state index is 14.0. The van der Waals surface area contributed by atoms with Crippen molar-refractivity contribution >= 4 is 32.6 Å². The summed E-state index contributed by atoms with van der Waals surface area (Å²) in [6, 6.07) is 19.7. The molecule has 0 fully saturated rings. The summed E-state index contributed by atoms with van der Waals surface area (Å²) in [5.74, 6) is -1.02. The zero-order valence-electron chi connectivity index (χ0n) is 17.3. The molecule has 33 heavy (non-hydrogen) atoms. The lowest BCUT2D eigenvalue weighted by molar-refractivity contribution is 0.102. The fourth-order valence-corrected chi connectivity index (χ4v) is 3.86. The molecule has 0 saturated carbocycles. The molecule has 0 aliphatic carbocycles. The number of nitrogens with one attached hydrogen (secondary N) is 2. The van der Waals surface area contributed by atoms with Crippen LogP contribution in [-0.2, 0) is 10.0 Å². The Morgan fingerprint density at radius 1 is 1.00 bits per heavy atom. The van der Waals surface area contributed by atoms with Gasteiger partial charge in [0, 0.05) is 5.39 Å². The molecule has 3 aromatic carbocycles. The number of hydrogen-bond acceptors (Lipinski definition) is 6. The number of amides is 1. The molecule has 1 amide bonds. The molecule has 0 atom stereocenters. The van der Waals surface area contributed by atoms with E-state index in [9.17, 15) is 17.6 Å². The Morgan fingerprint density at radius 3 is 2.45 bits per heavy atom. The first kappa shape index (κ1) is 22.0. The molecule has 0 bridgehead atoms. The Hall–Kier alpha value is -4.18. The van der Waals surface area contributed by atoms with Crippen molar-refractivity contribution in [2.75, 3.05) is 12.4 Å². The van der Waals surface area contributed by atoms with Crippen LogP contribution in [0.15, 0.2) is 93.3 Å². The normalized spacial score (nSPS) is 11.9. The van der Waals surface area contributed by atoms with E-state index in [0.29, 0.717) is 11.1 Å². The molecule has 0 spiro atoms. The van der Waals surface area contributed by atoms with E-state index in [-0.39, 0.29) is 27.3 Å². The lowest BCUT2D eigenvalue weighted by atomic mass is 10.1. The van der Waals surface area contributed by atoms with Crippen molar-refractivity contribution in [3.63, 3.8) is 0 Å². The second kappa shape index (κ2) is 9.13. The molecular weight excluding hydrogens is 449 g/mol. The summed E-state index contributed by atoms with van der Waals surface area (Å²) >= 11 is 0. The molecule has 168 valence electrons. The number of sulfonamides is 1. The lowest BCUT2D eigenvalue weighted by Crippen LogP contribution is -2.27. The SMILES string of the molecule is COc1cccc2cc(C(=O)Nc3ccccc3F)c(=NNS(=O)(=O)c3ccccc3)oc12. The minimum Gasteiger partial charge on any atom is -0.493 e. The zero-order valence-corrected chi connectivity index (χ0v) is 18.1. The third-order valence-electron chi connectivity index (χ3n) is 4.65. The molecular formula is C23H18FN3O5S. The summed E-state index contributed by atoms with van der Waals surface area (Å²) in [5, 5.41) is 6.79. The number of fused-ring (bicyclic) bond motifs is 1. The molecule has 2 N–H and O–H groups in total. The highest BCUT2D eigenvalue weighted by Crippen LogP contribution is 2.25. The first-order valence-corrected chi connectivity index (χ1v) is 11.1. The number of benzene rings is 3. The van der Waals surface area contributed by atoms with E-state index in [4.69, 9.17) is 9.15 Å². The van der Waals surface area contributed by atoms with Crippen molar-refractivity contribution in [2.45, 2.75) is 4.90 Å². The van der Waals surface area contributed by atoms with Gasteiger partial charge in [0.05, 0.1) is 17.7 Å². The fourth-order valence-electron chi connectivity index (χ4n) is 3.04. The Balaban J connectivity index is 1.83. The maximum atomic E-state index is 14.0. The van der Waals surface area contributed by atoms with Crippen LogP contribution in [0.3, 0.4) is 0 Å². The molecule has 0 unspecified atom stereocenters. The van der Waals surface area contributed by atoms with Gasteiger partial charge in [0.2, 0.25) is 5.55 Å². The summed E-state index contributed by atoms with van der Waals surface area (Å²) in [5.41, 5.74) is -0.251. The van der Waals surface area contributed by atoms with Gasteiger partial charge in [0.1, 0.15) is 11.4 Å². The highest BCUT2D eigenvalue weighted by Gasteiger charge is 2.18. The van der Waals surface area contributed by atoms with Crippen molar-refractivity contribution in [3.05, 3.63) is 95.8 Å². The quantitative estimate of drug-likeness (QED) is 0.421. The number of nitrogens with zero attached hydrogens (tertiary/aromatic N) is 1. The predicted octanol–water partition coefficient (Wildman–Crippen LogP) is 3.63. The molecule has 8 nitrogen and oxygen atoms in total. The molecule has 4 rings (SSSR count). The zero-order chi connectivity index (χ0) is 23.4. The maximum Gasteiger partial charge on any atom is 0.276 e. The summed E-state index contributed by atoms with van der Waals surface area (Å²) in [6.45, 7) is 0. The average molecular weight is 467 g/mol. The number of methoxy groups -OCH3 is 1. The molecule has 0 aliphatic rings. The first-order valence-electron chi connectivity index (χ1n) is 9.66.